The SMILES string of the molecule is [C-]#[N+]c1c(C)nc(SCc2ccccc2)[nH]c1=O.[C-]#[N+]c1c(C)nc(SCc2ccccc2)[nH]c1=O.[CH2-]NC(=O)NC.[CH2-]NC(=O)NC.[Y].[Y]. The summed E-state index contributed by atoms with van der Waals surface area (Å²) in [6.07, 6.45) is 0. The summed E-state index contributed by atoms with van der Waals surface area (Å²) in [5, 5.41) is 9.93. The van der Waals surface area contributed by atoms with Gasteiger partial charge in [-0.05, 0) is 25.0 Å². The van der Waals surface area contributed by atoms with Gasteiger partial charge in [-0.25, -0.2) is 19.7 Å². The molecule has 0 spiro atoms. The molecule has 0 bridgehead atoms. The van der Waals surface area contributed by atoms with Gasteiger partial charge in [-0.2, -0.15) is 0 Å². The smallest absolute Gasteiger partial charge is 0.284 e. The van der Waals surface area contributed by atoms with E-state index in [1.807, 2.05) is 60.7 Å². The van der Waals surface area contributed by atoms with Crippen LogP contribution in [0.5, 0.6) is 0 Å². The number of aryl methyl sites for hydroxylation is 2. The van der Waals surface area contributed by atoms with Crippen LogP contribution in [0.4, 0.5) is 21.0 Å². The summed E-state index contributed by atoms with van der Waals surface area (Å²) in [4.78, 5) is 62.9. The first-order chi connectivity index (χ1) is 23.0. The van der Waals surface area contributed by atoms with E-state index in [4.69, 9.17) is 13.1 Å². The van der Waals surface area contributed by atoms with Crippen LogP contribution in [0.2, 0.25) is 0 Å². The number of carbonyl (C=O) groups excluding carboxylic acids is 2. The second-order valence-electron chi connectivity index (χ2n) is 8.89. The first kappa shape index (κ1) is 48.7. The molecule has 2 heterocycles. The number of nitrogens with zero attached hydrogens (tertiary/aromatic N) is 4. The summed E-state index contributed by atoms with van der Waals surface area (Å²) in [5.41, 5.74) is 2.68. The summed E-state index contributed by atoms with van der Waals surface area (Å²) >= 11 is 2.90. The molecular weight excluding hydrogens is 830 g/mol. The molecule has 4 amide bonds. The van der Waals surface area contributed by atoms with Crippen molar-refractivity contribution < 1.29 is 75.0 Å². The fourth-order valence-corrected chi connectivity index (χ4v) is 4.86. The zero-order chi connectivity index (χ0) is 35.9. The molecule has 2 aromatic carbocycles. The van der Waals surface area contributed by atoms with Crippen LogP contribution >= 0.6 is 23.5 Å². The van der Waals surface area contributed by atoms with Crippen molar-refractivity contribution in [2.75, 3.05) is 14.1 Å². The van der Waals surface area contributed by atoms with Crippen LogP contribution in [-0.2, 0) is 76.9 Å². The Kier molecular flexibility index (Phi) is 27.6. The first-order valence-electron chi connectivity index (χ1n) is 13.8. The van der Waals surface area contributed by atoms with E-state index in [9.17, 15) is 19.2 Å². The van der Waals surface area contributed by atoms with E-state index >= 15 is 0 Å². The molecule has 4 rings (SSSR count). The normalized spacial score (nSPS) is 8.88. The Morgan fingerprint density at radius 3 is 1.24 bits per heavy atom. The maximum absolute atomic E-state index is 11.6. The average molecular weight is 867 g/mol. The molecular formula is C32H36N10O4S2Y2-2. The van der Waals surface area contributed by atoms with Gasteiger partial charge >= 0.3 is 0 Å². The van der Waals surface area contributed by atoms with E-state index in [-0.39, 0.29) is 100.0 Å². The van der Waals surface area contributed by atoms with E-state index in [0.717, 1.165) is 22.6 Å². The molecule has 2 radical (unpaired) electrons. The van der Waals surface area contributed by atoms with Crippen LogP contribution in [0.1, 0.15) is 22.5 Å². The molecule has 0 aliphatic carbocycles. The molecule has 0 aliphatic heterocycles. The second-order valence-corrected chi connectivity index (χ2v) is 10.8. The molecule has 4 aromatic rings. The van der Waals surface area contributed by atoms with Gasteiger partial charge in [0.1, 0.15) is 0 Å². The number of aromatic nitrogens is 4. The summed E-state index contributed by atoms with van der Waals surface area (Å²) in [6, 6.07) is 19.3. The Balaban J connectivity index is 0. The number of aromatic amines is 2. The Morgan fingerprint density at radius 1 is 0.700 bits per heavy atom. The zero-order valence-corrected chi connectivity index (χ0v) is 35.3. The van der Waals surface area contributed by atoms with Crippen LogP contribution in [0.15, 0.2) is 80.6 Å². The van der Waals surface area contributed by atoms with Crippen molar-refractivity contribution >= 4 is 47.0 Å². The van der Waals surface area contributed by atoms with E-state index in [1.54, 1.807) is 13.8 Å². The second kappa shape index (κ2) is 28.3. The molecule has 14 nitrogen and oxygen atoms in total. The minimum atomic E-state index is -0.368. The molecule has 50 heavy (non-hydrogen) atoms. The Bertz CT molecular complexity index is 1670. The number of carbonyl (C=O) groups is 2. The van der Waals surface area contributed by atoms with E-state index in [1.165, 1.54) is 37.6 Å². The van der Waals surface area contributed by atoms with Crippen molar-refractivity contribution in [1.29, 1.82) is 0 Å². The predicted octanol–water partition coefficient (Wildman–Crippen LogP) is 5.25. The third-order valence-corrected chi connectivity index (χ3v) is 7.42. The number of H-pyrrole nitrogens is 2. The molecule has 0 unspecified atom stereocenters. The number of thioether (sulfide) groups is 2. The number of urea groups is 2. The summed E-state index contributed by atoms with van der Waals surface area (Å²) < 4.78 is 0. The standard InChI is InChI=1S/2C13H11N3OS.2C3H7N2O.2Y/c2*1-9-11(14-2)12(17)16-13(15-9)18-8-10-6-4-3-5-7-10;2*1-4-3(6)5-2;;/h2*3-7H,8H2,1H3,(H,15,16,17);2*1H2,2H3,(H2,4,5,6);;/q;;2*-1;;. The van der Waals surface area contributed by atoms with E-state index in [2.05, 4.69) is 65.0 Å². The van der Waals surface area contributed by atoms with Crippen molar-refractivity contribution in [3.8, 4) is 0 Å². The number of amides is 4. The monoisotopic (exact) mass is 866 g/mol. The summed E-state index contributed by atoms with van der Waals surface area (Å²) in [6.45, 7) is 17.1. The van der Waals surface area contributed by atoms with Gasteiger partial charge in [0.2, 0.25) is 0 Å². The number of hydrogen-bond acceptors (Lipinski definition) is 8. The molecule has 0 saturated carbocycles. The summed E-state index contributed by atoms with van der Waals surface area (Å²) in [5.74, 6) is 1.47. The Morgan fingerprint density at radius 2 is 1.02 bits per heavy atom. The van der Waals surface area contributed by atoms with Gasteiger partial charge < -0.3 is 31.2 Å². The Labute approximate surface area is 350 Å². The van der Waals surface area contributed by atoms with Crippen LogP contribution in [0.25, 0.3) is 9.69 Å². The van der Waals surface area contributed by atoms with E-state index < -0.39 is 0 Å². The minimum absolute atomic E-state index is 0. The largest absolute Gasteiger partial charge is 0.490 e. The van der Waals surface area contributed by atoms with Crippen molar-refractivity contribution in [2.45, 2.75) is 35.7 Å². The van der Waals surface area contributed by atoms with Gasteiger partial charge in [0.25, 0.3) is 34.6 Å². The van der Waals surface area contributed by atoms with Crippen molar-refractivity contribution in [1.82, 2.24) is 41.2 Å². The van der Waals surface area contributed by atoms with Crippen LogP contribution in [0.3, 0.4) is 0 Å². The molecule has 0 aliphatic rings. The third-order valence-electron chi connectivity index (χ3n) is 5.53. The topological polar surface area (TPSA) is 182 Å². The molecule has 258 valence electrons. The predicted molar refractivity (Wildman–Crippen MR) is 190 cm³/mol. The van der Waals surface area contributed by atoms with Crippen molar-refractivity contribution in [3.05, 3.63) is 141 Å². The molecule has 0 fully saturated rings. The van der Waals surface area contributed by atoms with Gasteiger partial charge in [0.05, 0.1) is 24.5 Å². The van der Waals surface area contributed by atoms with Gasteiger partial charge in [-0.3, -0.25) is 33.3 Å². The zero-order valence-electron chi connectivity index (χ0n) is 28.0. The van der Waals surface area contributed by atoms with Gasteiger partial charge in [-0.1, -0.05) is 84.2 Å². The fraction of sp³-hybridized carbons (Fsp3) is 0.188. The number of benzene rings is 2. The first-order valence-corrected chi connectivity index (χ1v) is 15.8. The molecule has 2 aromatic heterocycles. The molecule has 0 saturated heterocycles. The maximum Gasteiger partial charge on any atom is 0.284 e. The van der Waals surface area contributed by atoms with E-state index in [0.29, 0.717) is 21.7 Å². The van der Waals surface area contributed by atoms with Crippen LogP contribution in [-0.4, -0.2) is 46.1 Å². The average Bonchev–Trinajstić information content (AvgIpc) is 3.10. The van der Waals surface area contributed by atoms with Crippen molar-refractivity contribution in [2.24, 2.45) is 0 Å². The molecule has 18 heteroatoms. The van der Waals surface area contributed by atoms with Crippen molar-refractivity contribution in [3.63, 3.8) is 0 Å². The van der Waals surface area contributed by atoms with Crippen LogP contribution < -0.4 is 32.4 Å². The number of rotatable bonds is 6. The number of hydrogen-bond donors (Lipinski definition) is 6. The maximum atomic E-state index is 11.6. The molecule has 0 atom stereocenters. The van der Waals surface area contributed by atoms with Gasteiger partial charge in [0.15, 0.2) is 10.3 Å². The summed E-state index contributed by atoms with van der Waals surface area (Å²) in [7, 11) is 9.25. The third kappa shape index (κ3) is 19.1. The van der Waals surface area contributed by atoms with Gasteiger partial charge in [-0.15, -0.1) is 0 Å². The quantitative estimate of drug-likeness (QED) is 0.0864. The molecule has 6 N–H and O–H groups in total. The Hall–Kier alpha value is -3.37. The number of nitrogens with one attached hydrogen (secondary N) is 6. The fourth-order valence-electron chi connectivity index (χ4n) is 3.14. The van der Waals surface area contributed by atoms with Crippen LogP contribution in [0, 0.1) is 41.1 Å². The van der Waals surface area contributed by atoms with Gasteiger partial charge in [0, 0.05) is 91.0 Å². The minimum Gasteiger partial charge on any atom is -0.490 e.